The molecule has 0 radical (unpaired) electrons. The smallest absolute Gasteiger partial charge is 0.222 e. The number of hydrogen-bond donors (Lipinski definition) is 1. The molecule has 0 spiro atoms. The number of nitrogens with zero attached hydrogens (tertiary/aromatic N) is 1. The number of carbonyl (C=O) groups is 1. The van der Waals surface area contributed by atoms with Crippen LogP contribution < -0.4 is 5.73 Å². The van der Waals surface area contributed by atoms with E-state index in [-0.39, 0.29) is 5.91 Å². The lowest BCUT2D eigenvalue weighted by Gasteiger charge is -2.17. The van der Waals surface area contributed by atoms with Crippen molar-refractivity contribution in [1.82, 2.24) is 4.90 Å². The van der Waals surface area contributed by atoms with Crippen molar-refractivity contribution in [2.24, 2.45) is 5.73 Å². The minimum absolute atomic E-state index is 0.197. The molecule has 0 heterocycles. The maximum atomic E-state index is 11.9. The van der Waals surface area contributed by atoms with Gasteiger partial charge in [-0.2, -0.15) is 0 Å². The van der Waals surface area contributed by atoms with Crippen LogP contribution in [-0.4, -0.2) is 24.4 Å². The van der Waals surface area contributed by atoms with Gasteiger partial charge in [-0.15, -0.1) is 0 Å². The zero-order valence-corrected chi connectivity index (χ0v) is 12.3. The molecule has 0 saturated carbocycles. The molecule has 3 nitrogen and oxygen atoms in total. The normalized spacial score (nSPS) is 10.5. The summed E-state index contributed by atoms with van der Waals surface area (Å²) in [5.41, 5.74) is 6.53. The number of halogens is 1. The van der Waals surface area contributed by atoms with E-state index in [1.807, 2.05) is 31.3 Å². The molecule has 0 fully saturated rings. The molecule has 0 aliphatic heterocycles. The second kappa shape index (κ2) is 8.94. The monoisotopic (exact) mass is 282 g/mol. The summed E-state index contributed by atoms with van der Waals surface area (Å²) in [6.45, 7) is 1.38. The van der Waals surface area contributed by atoms with Gasteiger partial charge in [-0.05, 0) is 37.1 Å². The van der Waals surface area contributed by atoms with E-state index in [1.54, 1.807) is 4.90 Å². The molecule has 106 valence electrons. The number of rotatable bonds is 8. The molecule has 0 aromatic heterocycles. The van der Waals surface area contributed by atoms with Crippen LogP contribution in [0.5, 0.6) is 0 Å². The highest BCUT2D eigenvalue weighted by Gasteiger charge is 2.08. The van der Waals surface area contributed by atoms with Gasteiger partial charge in [-0.25, -0.2) is 0 Å². The Bertz CT molecular complexity index is 378. The van der Waals surface area contributed by atoms with E-state index in [2.05, 4.69) is 0 Å². The molecule has 0 aliphatic carbocycles. The zero-order chi connectivity index (χ0) is 14.1. The van der Waals surface area contributed by atoms with Crippen LogP contribution in [0.1, 0.15) is 37.7 Å². The first kappa shape index (κ1) is 16.0. The summed E-state index contributed by atoms with van der Waals surface area (Å²) in [6, 6.07) is 7.60. The Balaban J connectivity index is 2.26. The van der Waals surface area contributed by atoms with Crippen LogP contribution in [0.4, 0.5) is 0 Å². The third kappa shape index (κ3) is 6.60. The molecule has 0 bridgehead atoms. The first-order chi connectivity index (χ1) is 9.13. The third-order valence-electron chi connectivity index (χ3n) is 3.10. The van der Waals surface area contributed by atoms with Crippen molar-refractivity contribution in [2.75, 3.05) is 13.6 Å². The second-order valence-corrected chi connectivity index (χ2v) is 5.27. The summed E-state index contributed by atoms with van der Waals surface area (Å²) in [6.07, 6.45) is 4.82. The molecule has 0 aliphatic rings. The van der Waals surface area contributed by atoms with Gasteiger partial charge in [0.05, 0.1) is 0 Å². The maximum Gasteiger partial charge on any atom is 0.222 e. The zero-order valence-electron chi connectivity index (χ0n) is 11.6. The van der Waals surface area contributed by atoms with Gasteiger partial charge >= 0.3 is 0 Å². The summed E-state index contributed by atoms with van der Waals surface area (Å²) >= 11 is 5.83. The van der Waals surface area contributed by atoms with Gasteiger partial charge in [0, 0.05) is 25.0 Å². The van der Waals surface area contributed by atoms with Crippen LogP contribution in [0, 0.1) is 0 Å². The minimum atomic E-state index is 0.197. The van der Waals surface area contributed by atoms with Crippen molar-refractivity contribution < 1.29 is 4.79 Å². The number of carbonyl (C=O) groups excluding carboxylic acids is 1. The molecule has 0 saturated heterocycles. The average molecular weight is 283 g/mol. The third-order valence-corrected chi connectivity index (χ3v) is 3.36. The fourth-order valence-corrected chi connectivity index (χ4v) is 2.04. The largest absolute Gasteiger partial charge is 0.341 e. The van der Waals surface area contributed by atoms with Gasteiger partial charge in [0.1, 0.15) is 0 Å². The van der Waals surface area contributed by atoms with Crippen LogP contribution in [0.15, 0.2) is 24.3 Å². The number of unbranched alkanes of at least 4 members (excludes halogenated alkanes) is 3. The number of amides is 1. The van der Waals surface area contributed by atoms with Gasteiger partial charge in [0.2, 0.25) is 5.91 Å². The van der Waals surface area contributed by atoms with Crippen molar-refractivity contribution in [3.8, 4) is 0 Å². The highest BCUT2D eigenvalue weighted by Crippen LogP contribution is 2.12. The summed E-state index contributed by atoms with van der Waals surface area (Å²) in [7, 11) is 1.84. The highest BCUT2D eigenvalue weighted by atomic mass is 35.5. The summed E-state index contributed by atoms with van der Waals surface area (Å²) in [4.78, 5) is 13.7. The Morgan fingerprint density at radius 2 is 1.79 bits per heavy atom. The number of hydrogen-bond acceptors (Lipinski definition) is 2. The van der Waals surface area contributed by atoms with Crippen LogP contribution in [0.25, 0.3) is 0 Å². The van der Waals surface area contributed by atoms with E-state index in [0.717, 1.165) is 42.8 Å². The Kier molecular flexibility index (Phi) is 7.53. The predicted octanol–water partition coefficient (Wildman–Crippen LogP) is 3.21. The molecule has 0 atom stereocenters. The van der Waals surface area contributed by atoms with Gasteiger partial charge in [0.25, 0.3) is 0 Å². The van der Waals surface area contributed by atoms with Crippen LogP contribution >= 0.6 is 11.6 Å². The first-order valence-electron chi connectivity index (χ1n) is 6.82. The Morgan fingerprint density at radius 3 is 2.42 bits per heavy atom. The standard InChI is InChI=1S/C15H23ClN2O/c1-18(12-13-7-9-14(16)10-8-13)15(19)6-4-2-3-5-11-17/h7-10H,2-6,11-12,17H2,1H3. The molecule has 19 heavy (non-hydrogen) atoms. The van der Waals surface area contributed by atoms with Gasteiger partial charge < -0.3 is 10.6 Å². The van der Waals surface area contributed by atoms with E-state index in [9.17, 15) is 4.79 Å². The molecule has 2 N–H and O–H groups in total. The molecular weight excluding hydrogens is 260 g/mol. The first-order valence-corrected chi connectivity index (χ1v) is 7.19. The van der Waals surface area contributed by atoms with Crippen molar-refractivity contribution in [3.05, 3.63) is 34.9 Å². The van der Waals surface area contributed by atoms with Crippen LogP contribution in [0.3, 0.4) is 0 Å². The van der Waals surface area contributed by atoms with E-state index >= 15 is 0 Å². The fraction of sp³-hybridized carbons (Fsp3) is 0.533. The molecule has 1 amide bonds. The van der Waals surface area contributed by atoms with Gasteiger partial charge in [0.15, 0.2) is 0 Å². The van der Waals surface area contributed by atoms with E-state index in [0.29, 0.717) is 13.0 Å². The fourth-order valence-electron chi connectivity index (χ4n) is 1.92. The Morgan fingerprint density at radius 1 is 1.16 bits per heavy atom. The second-order valence-electron chi connectivity index (χ2n) is 4.83. The van der Waals surface area contributed by atoms with Gasteiger partial charge in [-0.3, -0.25) is 4.79 Å². The summed E-state index contributed by atoms with van der Waals surface area (Å²) in [5.74, 6) is 0.197. The summed E-state index contributed by atoms with van der Waals surface area (Å²) in [5, 5.41) is 0.720. The van der Waals surface area contributed by atoms with E-state index < -0.39 is 0 Å². The Hall–Kier alpha value is -1.06. The molecule has 1 aromatic rings. The van der Waals surface area contributed by atoms with Crippen molar-refractivity contribution in [2.45, 2.75) is 38.6 Å². The van der Waals surface area contributed by atoms with Crippen molar-refractivity contribution in [3.63, 3.8) is 0 Å². The lowest BCUT2D eigenvalue weighted by molar-refractivity contribution is -0.130. The van der Waals surface area contributed by atoms with E-state index in [4.69, 9.17) is 17.3 Å². The van der Waals surface area contributed by atoms with Crippen molar-refractivity contribution in [1.29, 1.82) is 0 Å². The lowest BCUT2D eigenvalue weighted by atomic mass is 10.1. The molecule has 1 aromatic carbocycles. The van der Waals surface area contributed by atoms with Crippen molar-refractivity contribution >= 4 is 17.5 Å². The lowest BCUT2D eigenvalue weighted by Crippen LogP contribution is -2.25. The summed E-state index contributed by atoms with van der Waals surface area (Å²) < 4.78 is 0. The maximum absolute atomic E-state index is 11.9. The average Bonchev–Trinajstić information content (AvgIpc) is 2.41. The molecule has 0 unspecified atom stereocenters. The highest BCUT2D eigenvalue weighted by molar-refractivity contribution is 6.30. The topological polar surface area (TPSA) is 46.3 Å². The van der Waals surface area contributed by atoms with Gasteiger partial charge in [-0.1, -0.05) is 36.6 Å². The predicted molar refractivity (Wildman–Crippen MR) is 80.1 cm³/mol. The molecule has 4 heteroatoms. The van der Waals surface area contributed by atoms with Crippen LogP contribution in [0.2, 0.25) is 5.02 Å². The van der Waals surface area contributed by atoms with E-state index in [1.165, 1.54) is 0 Å². The SMILES string of the molecule is CN(Cc1ccc(Cl)cc1)C(=O)CCCCCCN. The molecule has 1 rings (SSSR count). The minimum Gasteiger partial charge on any atom is -0.341 e. The molecular formula is C15H23ClN2O. The Labute approximate surface area is 120 Å². The quantitative estimate of drug-likeness (QED) is 0.744. The number of benzene rings is 1. The number of nitrogens with two attached hydrogens (primary N) is 1. The van der Waals surface area contributed by atoms with Crippen LogP contribution in [-0.2, 0) is 11.3 Å².